The van der Waals surface area contributed by atoms with Gasteiger partial charge in [0.1, 0.15) is 4.60 Å². The Morgan fingerprint density at radius 2 is 2.33 bits per heavy atom. The molecule has 0 bridgehead atoms. The van der Waals surface area contributed by atoms with Crippen LogP contribution in [0.25, 0.3) is 0 Å². The van der Waals surface area contributed by atoms with Gasteiger partial charge in [0.2, 0.25) is 0 Å². The van der Waals surface area contributed by atoms with Gasteiger partial charge in [0.05, 0.1) is 5.56 Å². The normalized spacial score (nSPS) is 11.7. The number of rotatable bonds is 1. The van der Waals surface area contributed by atoms with Gasteiger partial charge in [-0.05, 0) is 35.0 Å². The quantitative estimate of drug-likeness (QED) is 0.251. The molecule has 0 unspecified atom stereocenters. The van der Waals surface area contributed by atoms with Crippen LogP contribution in [0.2, 0.25) is 0 Å². The van der Waals surface area contributed by atoms with Crippen molar-refractivity contribution in [2.75, 3.05) is 0 Å². The van der Waals surface area contributed by atoms with Crippen LogP contribution < -0.4 is 5.73 Å². The van der Waals surface area contributed by atoms with Gasteiger partial charge >= 0.3 is 0 Å². The Morgan fingerprint density at radius 3 is 2.83 bits per heavy atom. The molecule has 1 aromatic heterocycles. The van der Waals surface area contributed by atoms with Crippen molar-refractivity contribution in [1.29, 1.82) is 0 Å². The fraction of sp³-hybridized carbons (Fsp3) is 0.143. The number of hydrogen-bond acceptors (Lipinski definition) is 3. The van der Waals surface area contributed by atoms with Crippen LogP contribution in [0.15, 0.2) is 21.9 Å². The molecule has 1 aromatic rings. The van der Waals surface area contributed by atoms with Crippen LogP contribution in [0, 0.1) is 6.92 Å². The molecule has 3 N–H and O–H groups in total. The first-order chi connectivity index (χ1) is 5.65. The van der Waals surface area contributed by atoms with Crippen molar-refractivity contribution in [3.8, 4) is 0 Å². The first-order valence-electron chi connectivity index (χ1n) is 3.26. The Bertz CT molecular complexity index is 324. The molecule has 0 saturated carbocycles. The molecule has 0 aliphatic heterocycles. The largest absolute Gasteiger partial charge is 0.409 e. The highest BCUT2D eigenvalue weighted by molar-refractivity contribution is 9.10. The van der Waals surface area contributed by atoms with Crippen LogP contribution in [-0.4, -0.2) is 16.0 Å². The Labute approximate surface area is 78.2 Å². The van der Waals surface area contributed by atoms with E-state index in [-0.39, 0.29) is 5.84 Å². The van der Waals surface area contributed by atoms with E-state index in [1.165, 1.54) is 0 Å². The number of hydrogen-bond donors (Lipinski definition) is 2. The van der Waals surface area contributed by atoms with Crippen molar-refractivity contribution >= 4 is 21.8 Å². The number of halogens is 1. The average molecular weight is 230 g/mol. The fourth-order valence-corrected chi connectivity index (χ4v) is 1.38. The number of nitrogens with two attached hydrogens (primary N) is 1. The van der Waals surface area contributed by atoms with Gasteiger partial charge in [-0.2, -0.15) is 0 Å². The van der Waals surface area contributed by atoms with E-state index in [0.29, 0.717) is 10.2 Å². The molecular weight excluding hydrogens is 222 g/mol. The maximum absolute atomic E-state index is 8.40. The second-order valence-electron chi connectivity index (χ2n) is 2.28. The summed E-state index contributed by atoms with van der Waals surface area (Å²) in [5.41, 5.74) is 6.83. The van der Waals surface area contributed by atoms with E-state index in [2.05, 4.69) is 26.1 Å². The second-order valence-corrected chi connectivity index (χ2v) is 3.03. The van der Waals surface area contributed by atoms with Crippen molar-refractivity contribution in [1.82, 2.24) is 4.98 Å². The van der Waals surface area contributed by atoms with Crippen LogP contribution in [-0.2, 0) is 0 Å². The van der Waals surface area contributed by atoms with Gasteiger partial charge < -0.3 is 10.9 Å². The summed E-state index contributed by atoms with van der Waals surface area (Å²) in [6.45, 7) is 1.86. The minimum Gasteiger partial charge on any atom is -0.409 e. The highest BCUT2D eigenvalue weighted by atomic mass is 79.9. The van der Waals surface area contributed by atoms with Gasteiger partial charge in [-0.25, -0.2) is 4.98 Å². The Kier molecular flexibility index (Phi) is 2.65. The monoisotopic (exact) mass is 229 g/mol. The molecule has 64 valence electrons. The second kappa shape index (κ2) is 3.53. The predicted molar refractivity (Wildman–Crippen MR) is 49.2 cm³/mol. The van der Waals surface area contributed by atoms with Gasteiger partial charge in [0, 0.05) is 5.69 Å². The molecule has 4 nitrogen and oxygen atoms in total. The summed E-state index contributed by atoms with van der Waals surface area (Å²) < 4.78 is 0.581. The van der Waals surface area contributed by atoms with E-state index in [1.807, 2.05) is 6.92 Å². The number of nitrogens with zero attached hydrogens (tertiary/aromatic N) is 2. The van der Waals surface area contributed by atoms with Crippen LogP contribution in [0.3, 0.4) is 0 Å². The number of aryl methyl sites for hydroxylation is 1. The lowest BCUT2D eigenvalue weighted by molar-refractivity contribution is 0.318. The summed E-state index contributed by atoms with van der Waals surface area (Å²) in [6.07, 6.45) is 0. The third-order valence-corrected chi connectivity index (χ3v) is 1.98. The topological polar surface area (TPSA) is 71.5 Å². The first kappa shape index (κ1) is 8.99. The van der Waals surface area contributed by atoms with Gasteiger partial charge in [0.25, 0.3) is 0 Å². The number of oxime groups is 1. The van der Waals surface area contributed by atoms with E-state index in [1.54, 1.807) is 12.1 Å². The van der Waals surface area contributed by atoms with Crippen LogP contribution in [0.5, 0.6) is 0 Å². The molecule has 0 amide bonds. The summed E-state index contributed by atoms with van der Waals surface area (Å²) in [5.74, 6) is 0.0503. The molecule has 1 rings (SSSR count). The molecule has 0 aliphatic rings. The smallest absolute Gasteiger partial charge is 0.172 e. The van der Waals surface area contributed by atoms with Crippen molar-refractivity contribution in [2.24, 2.45) is 10.9 Å². The third kappa shape index (κ3) is 1.73. The van der Waals surface area contributed by atoms with E-state index >= 15 is 0 Å². The lowest BCUT2D eigenvalue weighted by atomic mass is 10.2. The molecule has 12 heavy (non-hydrogen) atoms. The molecular formula is C7H8BrN3O. The van der Waals surface area contributed by atoms with Crippen LogP contribution >= 0.6 is 15.9 Å². The Hall–Kier alpha value is -1.10. The summed E-state index contributed by atoms with van der Waals surface area (Å²) in [5, 5.41) is 11.3. The van der Waals surface area contributed by atoms with Crippen LogP contribution in [0.1, 0.15) is 11.3 Å². The minimum absolute atomic E-state index is 0.0503. The van der Waals surface area contributed by atoms with Crippen molar-refractivity contribution in [3.05, 3.63) is 28.0 Å². The number of aromatic nitrogens is 1. The van der Waals surface area contributed by atoms with Crippen molar-refractivity contribution in [2.45, 2.75) is 6.92 Å². The standard InChI is InChI=1S/C7H8BrN3O/c1-4-2-3-5(6(8)10-4)7(9)11-12/h2-3,12H,1H3,(H2,9,11). The molecule has 0 saturated heterocycles. The van der Waals surface area contributed by atoms with E-state index in [4.69, 9.17) is 10.9 Å². The lowest BCUT2D eigenvalue weighted by Gasteiger charge is -2.01. The van der Waals surface area contributed by atoms with E-state index in [0.717, 1.165) is 5.69 Å². The molecule has 0 spiro atoms. The number of pyridine rings is 1. The van der Waals surface area contributed by atoms with Crippen molar-refractivity contribution in [3.63, 3.8) is 0 Å². The zero-order chi connectivity index (χ0) is 9.14. The van der Waals surface area contributed by atoms with Crippen molar-refractivity contribution < 1.29 is 5.21 Å². The molecule has 5 heteroatoms. The first-order valence-corrected chi connectivity index (χ1v) is 4.05. The fourth-order valence-electron chi connectivity index (χ4n) is 0.770. The molecule has 0 aliphatic carbocycles. The van der Waals surface area contributed by atoms with Gasteiger partial charge in [0.15, 0.2) is 5.84 Å². The summed E-state index contributed by atoms with van der Waals surface area (Å²) in [4.78, 5) is 4.09. The molecule has 0 fully saturated rings. The predicted octanol–water partition coefficient (Wildman–Crippen LogP) is 1.25. The summed E-state index contributed by atoms with van der Waals surface area (Å²) >= 11 is 3.21. The maximum atomic E-state index is 8.40. The van der Waals surface area contributed by atoms with E-state index < -0.39 is 0 Å². The SMILES string of the molecule is Cc1ccc(/C(N)=N/O)c(Br)n1. The Balaban J connectivity index is 3.18. The zero-order valence-electron chi connectivity index (χ0n) is 6.45. The third-order valence-electron chi connectivity index (χ3n) is 1.37. The van der Waals surface area contributed by atoms with Gasteiger partial charge in [-0.3, -0.25) is 0 Å². The average Bonchev–Trinajstić information content (AvgIpc) is 2.03. The molecule has 1 heterocycles. The minimum atomic E-state index is 0.0503. The van der Waals surface area contributed by atoms with Crippen LogP contribution in [0.4, 0.5) is 0 Å². The van der Waals surface area contributed by atoms with Gasteiger partial charge in [-0.1, -0.05) is 5.16 Å². The summed E-state index contributed by atoms with van der Waals surface area (Å²) in [6, 6.07) is 3.53. The Morgan fingerprint density at radius 1 is 1.67 bits per heavy atom. The zero-order valence-corrected chi connectivity index (χ0v) is 8.04. The highest BCUT2D eigenvalue weighted by Crippen LogP contribution is 2.13. The van der Waals surface area contributed by atoms with E-state index in [9.17, 15) is 0 Å². The molecule has 0 radical (unpaired) electrons. The molecule has 0 aromatic carbocycles. The molecule has 0 atom stereocenters. The maximum Gasteiger partial charge on any atom is 0.172 e. The lowest BCUT2D eigenvalue weighted by Crippen LogP contribution is -2.14. The van der Waals surface area contributed by atoms with Gasteiger partial charge in [-0.15, -0.1) is 0 Å². The highest BCUT2D eigenvalue weighted by Gasteiger charge is 2.05. The number of amidine groups is 1. The summed E-state index contributed by atoms with van der Waals surface area (Å²) in [7, 11) is 0.